The third-order valence-electron chi connectivity index (χ3n) is 3.21. The quantitative estimate of drug-likeness (QED) is 0.881. The normalized spacial score (nSPS) is 12.2. The molecule has 1 aromatic heterocycles. The smallest absolute Gasteiger partial charge is 0.133 e. The molecular weight excluding hydrogens is 316 g/mol. The van der Waals surface area contributed by atoms with Crippen LogP contribution >= 0.6 is 15.9 Å². The van der Waals surface area contributed by atoms with Crippen molar-refractivity contribution in [2.24, 2.45) is 5.73 Å². The van der Waals surface area contributed by atoms with E-state index in [1.165, 1.54) is 5.56 Å². The van der Waals surface area contributed by atoms with E-state index in [1.54, 1.807) is 7.11 Å². The Morgan fingerprint density at radius 2 is 2.15 bits per heavy atom. The van der Waals surface area contributed by atoms with E-state index in [-0.39, 0.29) is 6.04 Å². The molecule has 2 aromatic rings. The topological polar surface area (TPSA) is 48.1 Å². The molecular formula is C16H19BrN2O. The highest BCUT2D eigenvalue weighted by Gasteiger charge is 2.07. The van der Waals surface area contributed by atoms with Crippen LogP contribution in [0.3, 0.4) is 0 Å². The van der Waals surface area contributed by atoms with Crippen LogP contribution in [0.15, 0.2) is 47.1 Å². The van der Waals surface area contributed by atoms with Crippen LogP contribution in [-0.4, -0.2) is 18.1 Å². The molecule has 0 saturated heterocycles. The largest absolute Gasteiger partial charge is 0.496 e. The van der Waals surface area contributed by atoms with E-state index in [0.717, 1.165) is 35.2 Å². The number of hydrogen-bond donors (Lipinski definition) is 1. The number of pyridine rings is 1. The Labute approximate surface area is 128 Å². The number of nitrogens with two attached hydrogens (primary N) is 1. The van der Waals surface area contributed by atoms with Crippen LogP contribution in [0.4, 0.5) is 0 Å². The summed E-state index contributed by atoms with van der Waals surface area (Å²) in [5.41, 5.74) is 8.51. The first-order chi connectivity index (χ1) is 9.69. The Morgan fingerprint density at radius 3 is 2.80 bits per heavy atom. The third-order valence-corrected chi connectivity index (χ3v) is 3.83. The van der Waals surface area contributed by atoms with E-state index in [4.69, 9.17) is 10.5 Å². The Balaban J connectivity index is 1.88. The van der Waals surface area contributed by atoms with Crippen molar-refractivity contribution in [3.05, 3.63) is 58.3 Å². The molecule has 1 heterocycles. The summed E-state index contributed by atoms with van der Waals surface area (Å²) in [7, 11) is 1.67. The van der Waals surface area contributed by atoms with Gasteiger partial charge in [-0.1, -0.05) is 12.1 Å². The van der Waals surface area contributed by atoms with Crippen molar-refractivity contribution in [3.63, 3.8) is 0 Å². The van der Waals surface area contributed by atoms with Crippen LogP contribution in [0.25, 0.3) is 0 Å². The molecule has 0 aliphatic rings. The van der Waals surface area contributed by atoms with Gasteiger partial charge in [-0.05, 0) is 65.0 Å². The number of hydrogen-bond acceptors (Lipinski definition) is 3. The highest BCUT2D eigenvalue weighted by molar-refractivity contribution is 9.10. The first kappa shape index (κ1) is 15.0. The highest BCUT2D eigenvalue weighted by Crippen LogP contribution is 2.26. The van der Waals surface area contributed by atoms with Gasteiger partial charge < -0.3 is 10.5 Å². The van der Waals surface area contributed by atoms with Gasteiger partial charge in [0, 0.05) is 17.9 Å². The molecule has 0 amide bonds. The van der Waals surface area contributed by atoms with Crippen molar-refractivity contribution in [3.8, 4) is 5.75 Å². The number of halogens is 1. The predicted molar refractivity (Wildman–Crippen MR) is 84.9 cm³/mol. The summed E-state index contributed by atoms with van der Waals surface area (Å²) < 4.78 is 6.19. The lowest BCUT2D eigenvalue weighted by atomic mass is 10.0. The summed E-state index contributed by atoms with van der Waals surface area (Å²) in [6.45, 7) is 0. The van der Waals surface area contributed by atoms with Crippen molar-refractivity contribution < 1.29 is 4.74 Å². The van der Waals surface area contributed by atoms with Gasteiger partial charge in [0.05, 0.1) is 11.6 Å². The van der Waals surface area contributed by atoms with Gasteiger partial charge in [-0.2, -0.15) is 0 Å². The molecule has 0 aliphatic carbocycles. The molecule has 3 nitrogen and oxygen atoms in total. The van der Waals surface area contributed by atoms with E-state index < -0.39 is 0 Å². The molecule has 0 fully saturated rings. The number of nitrogens with zero attached hydrogens (tertiary/aromatic N) is 1. The van der Waals surface area contributed by atoms with Crippen molar-refractivity contribution >= 4 is 15.9 Å². The first-order valence-electron chi connectivity index (χ1n) is 6.67. The molecule has 20 heavy (non-hydrogen) atoms. The van der Waals surface area contributed by atoms with Gasteiger partial charge in [0.25, 0.3) is 0 Å². The van der Waals surface area contributed by atoms with Crippen molar-refractivity contribution in [1.29, 1.82) is 0 Å². The first-order valence-corrected chi connectivity index (χ1v) is 7.46. The fourth-order valence-electron chi connectivity index (χ4n) is 2.12. The summed E-state index contributed by atoms with van der Waals surface area (Å²) in [4.78, 5) is 4.31. The molecule has 0 bridgehead atoms. The average molecular weight is 335 g/mol. The maximum atomic E-state index is 6.20. The van der Waals surface area contributed by atoms with Crippen LogP contribution in [0.1, 0.15) is 17.7 Å². The third kappa shape index (κ3) is 4.32. The van der Waals surface area contributed by atoms with Gasteiger partial charge in [-0.15, -0.1) is 0 Å². The van der Waals surface area contributed by atoms with Crippen LogP contribution in [0.5, 0.6) is 5.75 Å². The number of rotatable bonds is 6. The summed E-state index contributed by atoms with van der Waals surface area (Å²) in [6, 6.07) is 12.2. The molecule has 4 heteroatoms. The SMILES string of the molecule is COc1ccc(CC(N)CCc2ccccn2)cc1Br. The Bertz CT molecular complexity index is 545. The van der Waals surface area contributed by atoms with Crippen molar-refractivity contribution in [1.82, 2.24) is 4.98 Å². The molecule has 0 saturated carbocycles. The number of methoxy groups -OCH3 is 1. The number of benzene rings is 1. The minimum absolute atomic E-state index is 0.136. The minimum atomic E-state index is 0.136. The van der Waals surface area contributed by atoms with Gasteiger partial charge in [-0.3, -0.25) is 4.98 Å². The van der Waals surface area contributed by atoms with Crippen molar-refractivity contribution in [2.75, 3.05) is 7.11 Å². The predicted octanol–water partition coefficient (Wildman–Crippen LogP) is 3.36. The number of aryl methyl sites for hydroxylation is 1. The number of ether oxygens (including phenoxy) is 1. The van der Waals surface area contributed by atoms with Gasteiger partial charge in [0.2, 0.25) is 0 Å². The Morgan fingerprint density at radius 1 is 1.30 bits per heavy atom. The number of aromatic nitrogens is 1. The highest BCUT2D eigenvalue weighted by atomic mass is 79.9. The van der Waals surface area contributed by atoms with Crippen LogP contribution in [-0.2, 0) is 12.8 Å². The monoisotopic (exact) mass is 334 g/mol. The molecule has 2 N–H and O–H groups in total. The van der Waals surface area contributed by atoms with E-state index in [1.807, 2.05) is 30.5 Å². The Kier molecular flexibility index (Phi) is 5.56. The molecule has 106 valence electrons. The second-order valence-electron chi connectivity index (χ2n) is 4.79. The van der Waals surface area contributed by atoms with Crippen LogP contribution < -0.4 is 10.5 Å². The lowest BCUT2D eigenvalue weighted by molar-refractivity contribution is 0.412. The summed E-state index contributed by atoms with van der Waals surface area (Å²) in [5, 5.41) is 0. The summed E-state index contributed by atoms with van der Waals surface area (Å²) in [5.74, 6) is 0.843. The lowest BCUT2D eigenvalue weighted by Gasteiger charge is -2.12. The van der Waals surface area contributed by atoms with Gasteiger partial charge in [0.1, 0.15) is 5.75 Å². The maximum absolute atomic E-state index is 6.20. The molecule has 0 aliphatic heterocycles. The summed E-state index contributed by atoms with van der Waals surface area (Å²) >= 11 is 3.50. The fraction of sp³-hybridized carbons (Fsp3) is 0.312. The molecule has 1 unspecified atom stereocenters. The molecule has 1 aromatic carbocycles. The Hall–Kier alpha value is -1.39. The minimum Gasteiger partial charge on any atom is -0.496 e. The zero-order valence-electron chi connectivity index (χ0n) is 11.6. The zero-order chi connectivity index (χ0) is 14.4. The van der Waals surface area contributed by atoms with Crippen LogP contribution in [0, 0.1) is 0 Å². The van der Waals surface area contributed by atoms with Gasteiger partial charge in [0.15, 0.2) is 0 Å². The fourth-order valence-corrected chi connectivity index (χ4v) is 2.71. The second-order valence-corrected chi connectivity index (χ2v) is 5.65. The van der Waals surface area contributed by atoms with Crippen molar-refractivity contribution in [2.45, 2.75) is 25.3 Å². The maximum Gasteiger partial charge on any atom is 0.133 e. The van der Waals surface area contributed by atoms with Crippen LogP contribution in [0.2, 0.25) is 0 Å². The van der Waals surface area contributed by atoms with E-state index in [0.29, 0.717) is 0 Å². The van der Waals surface area contributed by atoms with E-state index in [9.17, 15) is 0 Å². The zero-order valence-corrected chi connectivity index (χ0v) is 13.1. The molecule has 0 spiro atoms. The second kappa shape index (κ2) is 7.41. The van der Waals surface area contributed by atoms with E-state index in [2.05, 4.69) is 33.0 Å². The average Bonchev–Trinajstić information content (AvgIpc) is 2.46. The van der Waals surface area contributed by atoms with E-state index >= 15 is 0 Å². The molecule has 0 radical (unpaired) electrons. The lowest BCUT2D eigenvalue weighted by Crippen LogP contribution is -2.23. The standard InChI is InChI=1S/C16H19BrN2O/c1-20-16-8-5-12(11-15(16)17)10-13(18)6-7-14-4-2-3-9-19-14/h2-5,8-9,11,13H,6-7,10,18H2,1H3. The van der Waals surface area contributed by atoms with Gasteiger partial charge in [-0.25, -0.2) is 0 Å². The molecule has 1 atom stereocenters. The molecule has 2 rings (SSSR count). The van der Waals surface area contributed by atoms with Gasteiger partial charge >= 0.3 is 0 Å². The summed E-state index contributed by atoms with van der Waals surface area (Å²) in [6.07, 6.45) is 4.52.